The lowest BCUT2D eigenvalue weighted by Crippen LogP contribution is -2.52. The minimum atomic E-state index is -0.554. The largest absolute Gasteiger partial charge is 0.394 e. The maximum Gasteiger partial charge on any atom is 0.319 e. The zero-order valence-corrected chi connectivity index (χ0v) is 14.1. The lowest BCUT2D eigenvalue weighted by atomic mass is 9.94. The highest BCUT2D eigenvalue weighted by molar-refractivity contribution is 9.10. The number of carbonyl (C=O) groups is 1. The Morgan fingerprint density at radius 2 is 1.75 bits per heavy atom. The summed E-state index contributed by atoms with van der Waals surface area (Å²) in [5, 5.41) is 15.3. The molecule has 0 saturated heterocycles. The van der Waals surface area contributed by atoms with Crippen LogP contribution in [0, 0.1) is 13.8 Å². The molecule has 0 saturated carbocycles. The van der Waals surface area contributed by atoms with E-state index in [1.54, 1.807) is 0 Å². The number of urea groups is 1. The van der Waals surface area contributed by atoms with Gasteiger partial charge in [0.05, 0.1) is 12.1 Å². The van der Waals surface area contributed by atoms with Crippen LogP contribution in [0.25, 0.3) is 0 Å². The van der Waals surface area contributed by atoms with E-state index in [0.717, 1.165) is 21.3 Å². The normalized spacial score (nSPS) is 11.3. The number of amides is 2. The summed E-state index contributed by atoms with van der Waals surface area (Å²) >= 11 is 3.43. The first-order valence-electron chi connectivity index (χ1n) is 6.84. The molecular formula is C15H23BrN2O2. The quantitative estimate of drug-likeness (QED) is 0.763. The lowest BCUT2D eigenvalue weighted by Gasteiger charge is -2.31. The number of benzene rings is 1. The molecule has 0 aromatic heterocycles. The number of halogens is 1. The topological polar surface area (TPSA) is 61.4 Å². The van der Waals surface area contributed by atoms with Crippen LogP contribution >= 0.6 is 15.9 Å². The highest BCUT2D eigenvalue weighted by atomic mass is 79.9. The number of anilines is 1. The van der Waals surface area contributed by atoms with Crippen molar-refractivity contribution in [3.8, 4) is 0 Å². The van der Waals surface area contributed by atoms with Crippen molar-refractivity contribution in [2.45, 2.75) is 46.1 Å². The third kappa shape index (κ3) is 3.96. The van der Waals surface area contributed by atoms with E-state index in [0.29, 0.717) is 12.8 Å². The molecule has 3 N–H and O–H groups in total. The molecule has 1 aromatic carbocycles. The third-order valence-electron chi connectivity index (χ3n) is 3.77. The van der Waals surface area contributed by atoms with Gasteiger partial charge in [-0.2, -0.15) is 0 Å². The fraction of sp³-hybridized carbons (Fsp3) is 0.533. The summed E-state index contributed by atoms with van der Waals surface area (Å²) in [4.78, 5) is 12.1. The molecule has 0 radical (unpaired) electrons. The van der Waals surface area contributed by atoms with Gasteiger partial charge in [-0.1, -0.05) is 29.8 Å². The summed E-state index contributed by atoms with van der Waals surface area (Å²) in [6.45, 7) is 7.75. The van der Waals surface area contributed by atoms with Crippen LogP contribution in [0.4, 0.5) is 10.5 Å². The predicted octanol–water partition coefficient (Wildman–Crippen LogP) is 3.74. The Kier molecular flexibility index (Phi) is 6.02. The number of aliphatic hydroxyl groups is 1. The number of hydrogen-bond acceptors (Lipinski definition) is 2. The smallest absolute Gasteiger partial charge is 0.319 e. The van der Waals surface area contributed by atoms with Crippen LogP contribution in [0.1, 0.15) is 37.8 Å². The lowest BCUT2D eigenvalue weighted by molar-refractivity contribution is 0.155. The summed E-state index contributed by atoms with van der Waals surface area (Å²) in [7, 11) is 0. The highest BCUT2D eigenvalue weighted by Gasteiger charge is 2.27. The van der Waals surface area contributed by atoms with Crippen molar-refractivity contribution in [3.63, 3.8) is 0 Å². The summed E-state index contributed by atoms with van der Waals surface area (Å²) < 4.78 is 0.991. The van der Waals surface area contributed by atoms with Gasteiger partial charge in [-0.05, 0) is 49.9 Å². The van der Waals surface area contributed by atoms with E-state index in [2.05, 4.69) is 26.6 Å². The van der Waals surface area contributed by atoms with E-state index in [-0.39, 0.29) is 12.6 Å². The van der Waals surface area contributed by atoms with Crippen molar-refractivity contribution in [2.24, 2.45) is 0 Å². The molecule has 1 aromatic rings. The van der Waals surface area contributed by atoms with Gasteiger partial charge in [-0.15, -0.1) is 0 Å². The van der Waals surface area contributed by atoms with Gasteiger partial charge in [0.15, 0.2) is 0 Å². The first-order valence-corrected chi connectivity index (χ1v) is 7.63. The van der Waals surface area contributed by atoms with Gasteiger partial charge < -0.3 is 15.7 Å². The average molecular weight is 343 g/mol. The van der Waals surface area contributed by atoms with E-state index in [4.69, 9.17) is 0 Å². The van der Waals surface area contributed by atoms with E-state index in [9.17, 15) is 9.90 Å². The van der Waals surface area contributed by atoms with Gasteiger partial charge in [0.2, 0.25) is 0 Å². The second-order valence-corrected chi connectivity index (χ2v) is 6.05. The molecule has 0 aliphatic rings. The predicted molar refractivity (Wildman–Crippen MR) is 86.2 cm³/mol. The monoisotopic (exact) mass is 342 g/mol. The van der Waals surface area contributed by atoms with Gasteiger partial charge in [-0.25, -0.2) is 4.79 Å². The Bertz CT molecular complexity index is 453. The Hall–Kier alpha value is -1.07. The van der Waals surface area contributed by atoms with E-state index >= 15 is 0 Å². The molecule has 2 amide bonds. The molecule has 4 nitrogen and oxygen atoms in total. The number of aryl methyl sites for hydroxylation is 2. The second kappa shape index (κ2) is 7.09. The molecule has 20 heavy (non-hydrogen) atoms. The van der Waals surface area contributed by atoms with E-state index in [1.807, 2.05) is 39.8 Å². The molecule has 112 valence electrons. The summed E-state index contributed by atoms with van der Waals surface area (Å²) in [6.07, 6.45) is 1.37. The molecule has 0 atom stereocenters. The van der Waals surface area contributed by atoms with Gasteiger partial charge in [-0.3, -0.25) is 0 Å². The summed E-state index contributed by atoms with van der Waals surface area (Å²) in [6, 6.07) is 3.64. The third-order valence-corrected chi connectivity index (χ3v) is 4.23. The number of rotatable bonds is 5. The first kappa shape index (κ1) is 17.0. The summed E-state index contributed by atoms with van der Waals surface area (Å²) in [5.74, 6) is 0. The van der Waals surface area contributed by atoms with Crippen molar-refractivity contribution in [2.75, 3.05) is 11.9 Å². The van der Waals surface area contributed by atoms with Crippen LogP contribution in [0.15, 0.2) is 16.6 Å². The van der Waals surface area contributed by atoms with Crippen LogP contribution < -0.4 is 10.6 Å². The second-order valence-electron chi connectivity index (χ2n) is 5.14. The number of hydrogen-bond donors (Lipinski definition) is 3. The average Bonchev–Trinajstić information content (AvgIpc) is 2.40. The van der Waals surface area contributed by atoms with Crippen molar-refractivity contribution >= 4 is 27.6 Å². The zero-order valence-electron chi connectivity index (χ0n) is 12.5. The molecule has 0 unspecified atom stereocenters. The molecule has 0 aliphatic heterocycles. The fourth-order valence-electron chi connectivity index (χ4n) is 2.18. The summed E-state index contributed by atoms with van der Waals surface area (Å²) in [5.41, 5.74) is 2.25. The molecule has 0 aliphatic carbocycles. The molecular weight excluding hydrogens is 320 g/mol. The highest BCUT2D eigenvalue weighted by Crippen LogP contribution is 2.25. The van der Waals surface area contributed by atoms with Crippen LogP contribution in [-0.4, -0.2) is 23.3 Å². The van der Waals surface area contributed by atoms with Gasteiger partial charge in [0, 0.05) is 10.2 Å². The van der Waals surface area contributed by atoms with Crippen molar-refractivity contribution < 1.29 is 9.90 Å². The van der Waals surface area contributed by atoms with Crippen LogP contribution in [-0.2, 0) is 0 Å². The van der Waals surface area contributed by atoms with Crippen LogP contribution in [0.2, 0.25) is 0 Å². The minimum Gasteiger partial charge on any atom is -0.394 e. The fourth-order valence-corrected chi connectivity index (χ4v) is 2.87. The van der Waals surface area contributed by atoms with Crippen LogP contribution in [0.5, 0.6) is 0 Å². The van der Waals surface area contributed by atoms with Gasteiger partial charge >= 0.3 is 6.03 Å². The SMILES string of the molecule is CCC(CC)(CO)NC(=O)Nc1c(C)cc(Br)cc1C. The van der Waals surface area contributed by atoms with Gasteiger partial charge in [0.1, 0.15) is 0 Å². The first-order chi connectivity index (χ1) is 9.37. The molecule has 1 rings (SSSR count). The maximum absolute atomic E-state index is 12.1. The Morgan fingerprint density at radius 1 is 1.25 bits per heavy atom. The molecule has 0 spiro atoms. The zero-order chi connectivity index (χ0) is 15.3. The maximum atomic E-state index is 12.1. The van der Waals surface area contributed by atoms with Gasteiger partial charge in [0.25, 0.3) is 0 Å². The minimum absolute atomic E-state index is 0.0638. The molecule has 0 fully saturated rings. The Morgan fingerprint density at radius 3 is 2.15 bits per heavy atom. The van der Waals surface area contributed by atoms with E-state index < -0.39 is 5.54 Å². The van der Waals surface area contributed by atoms with Crippen LogP contribution in [0.3, 0.4) is 0 Å². The Labute approximate surface area is 129 Å². The number of aliphatic hydroxyl groups excluding tert-OH is 1. The van der Waals surface area contributed by atoms with Crippen molar-refractivity contribution in [1.82, 2.24) is 5.32 Å². The molecule has 0 heterocycles. The Balaban J connectivity index is 2.87. The van der Waals surface area contributed by atoms with E-state index in [1.165, 1.54) is 0 Å². The standard InChI is InChI=1S/C15H23BrN2O2/c1-5-15(6-2,9-19)18-14(20)17-13-10(3)7-12(16)8-11(13)4/h7-8,19H,5-6,9H2,1-4H3,(H2,17,18,20). The molecule has 0 bridgehead atoms. The number of carbonyl (C=O) groups excluding carboxylic acids is 1. The molecule has 5 heteroatoms. The number of nitrogens with one attached hydrogen (secondary N) is 2. The van der Waals surface area contributed by atoms with Crippen molar-refractivity contribution in [1.29, 1.82) is 0 Å². The van der Waals surface area contributed by atoms with Crippen molar-refractivity contribution in [3.05, 3.63) is 27.7 Å².